The standard InChI is InChI=1S/C14H10O8/c15-9-1-5(7(13(19)20)3-11(9)17)6-2-10(16)12(18)4-8(6)14(21)22/h1-4,15-18H,(H,19,20)(H,21,22). The third kappa shape index (κ3) is 2.44. The molecule has 0 bridgehead atoms. The minimum atomic E-state index is -1.48. The second-order valence-corrected chi connectivity index (χ2v) is 4.38. The van der Waals surface area contributed by atoms with Crippen molar-refractivity contribution in [2.24, 2.45) is 0 Å². The van der Waals surface area contributed by atoms with E-state index < -0.39 is 46.1 Å². The van der Waals surface area contributed by atoms with Crippen LogP contribution in [0.3, 0.4) is 0 Å². The van der Waals surface area contributed by atoms with Crippen molar-refractivity contribution < 1.29 is 40.2 Å². The summed E-state index contributed by atoms with van der Waals surface area (Å²) < 4.78 is 0. The minimum absolute atomic E-state index is 0.240. The molecule has 0 aliphatic carbocycles. The SMILES string of the molecule is O=C(O)c1cc(O)c(O)cc1-c1cc(O)c(O)cc1C(=O)O. The van der Waals surface area contributed by atoms with Crippen molar-refractivity contribution in [3.8, 4) is 34.1 Å². The first-order valence-electron chi connectivity index (χ1n) is 5.81. The summed E-state index contributed by atoms with van der Waals surface area (Å²) in [5, 5.41) is 56.1. The molecule has 0 spiro atoms. The number of rotatable bonds is 3. The average Bonchev–Trinajstić information content (AvgIpc) is 2.43. The van der Waals surface area contributed by atoms with Crippen LogP contribution in [0.5, 0.6) is 23.0 Å². The molecule has 0 saturated heterocycles. The summed E-state index contributed by atoms with van der Waals surface area (Å²) in [5.41, 5.74) is -1.45. The van der Waals surface area contributed by atoms with E-state index in [1.54, 1.807) is 0 Å². The lowest BCUT2D eigenvalue weighted by molar-refractivity contribution is 0.0684. The molecule has 0 aliphatic rings. The van der Waals surface area contributed by atoms with Crippen LogP contribution in [0.15, 0.2) is 24.3 Å². The van der Waals surface area contributed by atoms with Gasteiger partial charge in [-0.2, -0.15) is 0 Å². The molecule has 2 aromatic carbocycles. The lowest BCUT2D eigenvalue weighted by Crippen LogP contribution is -2.04. The third-order valence-corrected chi connectivity index (χ3v) is 2.98. The first-order valence-corrected chi connectivity index (χ1v) is 5.81. The molecule has 0 fully saturated rings. The van der Waals surface area contributed by atoms with Crippen molar-refractivity contribution in [3.05, 3.63) is 35.4 Å². The van der Waals surface area contributed by atoms with Crippen LogP contribution in [0.25, 0.3) is 11.1 Å². The highest BCUT2D eigenvalue weighted by atomic mass is 16.4. The fraction of sp³-hybridized carbons (Fsp3) is 0. The third-order valence-electron chi connectivity index (χ3n) is 2.98. The van der Waals surface area contributed by atoms with Crippen LogP contribution in [0.2, 0.25) is 0 Å². The van der Waals surface area contributed by atoms with E-state index in [0.717, 1.165) is 24.3 Å². The monoisotopic (exact) mass is 306 g/mol. The molecule has 22 heavy (non-hydrogen) atoms. The van der Waals surface area contributed by atoms with Crippen molar-refractivity contribution in [1.29, 1.82) is 0 Å². The summed E-state index contributed by atoms with van der Waals surface area (Å²) in [4.78, 5) is 22.5. The zero-order chi connectivity index (χ0) is 16.6. The molecule has 8 heteroatoms. The smallest absolute Gasteiger partial charge is 0.336 e. The second-order valence-electron chi connectivity index (χ2n) is 4.38. The van der Waals surface area contributed by atoms with Gasteiger partial charge in [0.1, 0.15) is 0 Å². The van der Waals surface area contributed by atoms with Gasteiger partial charge in [-0.05, 0) is 24.3 Å². The number of benzene rings is 2. The normalized spacial score (nSPS) is 10.4. The Morgan fingerprint density at radius 3 is 1.14 bits per heavy atom. The maximum Gasteiger partial charge on any atom is 0.336 e. The quantitative estimate of drug-likeness (QED) is 0.467. The Bertz CT molecular complexity index is 726. The summed E-state index contributed by atoms with van der Waals surface area (Å²) in [7, 11) is 0. The minimum Gasteiger partial charge on any atom is -0.504 e. The number of carbonyl (C=O) groups is 2. The van der Waals surface area contributed by atoms with Gasteiger partial charge in [-0.3, -0.25) is 0 Å². The zero-order valence-corrected chi connectivity index (χ0v) is 10.8. The second kappa shape index (κ2) is 5.17. The fourth-order valence-electron chi connectivity index (χ4n) is 1.95. The maximum absolute atomic E-state index is 11.2. The predicted octanol–water partition coefficient (Wildman–Crippen LogP) is 1.57. The number of carboxylic acids is 2. The lowest BCUT2D eigenvalue weighted by Gasteiger charge is -2.12. The Hall–Kier alpha value is -3.42. The largest absolute Gasteiger partial charge is 0.504 e. The van der Waals surface area contributed by atoms with Gasteiger partial charge < -0.3 is 30.6 Å². The van der Waals surface area contributed by atoms with E-state index in [4.69, 9.17) is 10.2 Å². The molecule has 6 N–H and O–H groups in total. The van der Waals surface area contributed by atoms with E-state index in [1.165, 1.54) is 0 Å². The Morgan fingerprint density at radius 2 is 0.864 bits per heavy atom. The van der Waals surface area contributed by atoms with Gasteiger partial charge in [0.2, 0.25) is 0 Å². The van der Waals surface area contributed by atoms with E-state index in [9.17, 15) is 30.0 Å². The summed E-state index contributed by atoms with van der Waals surface area (Å²) >= 11 is 0. The highest BCUT2D eigenvalue weighted by molar-refractivity contribution is 6.03. The van der Waals surface area contributed by atoms with Gasteiger partial charge in [-0.1, -0.05) is 0 Å². The molecule has 114 valence electrons. The van der Waals surface area contributed by atoms with Gasteiger partial charge >= 0.3 is 11.9 Å². The summed E-state index contributed by atoms with van der Waals surface area (Å²) in [6.07, 6.45) is 0. The fourth-order valence-corrected chi connectivity index (χ4v) is 1.95. The molecule has 2 aromatic rings. The predicted molar refractivity (Wildman–Crippen MR) is 72.5 cm³/mol. The van der Waals surface area contributed by atoms with Gasteiger partial charge in [-0.25, -0.2) is 9.59 Å². The van der Waals surface area contributed by atoms with E-state index >= 15 is 0 Å². The van der Waals surface area contributed by atoms with E-state index in [1.807, 2.05) is 0 Å². The molecule has 0 aliphatic heterocycles. The van der Waals surface area contributed by atoms with Crippen molar-refractivity contribution in [2.75, 3.05) is 0 Å². The number of aromatic hydroxyl groups is 4. The molecule has 0 unspecified atom stereocenters. The Kier molecular flexibility index (Phi) is 3.52. The first kappa shape index (κ1) is 15.0. The van der Waals surface area contributed by atoms with Crippen molar-refractivity contribution in [2.45, 2.75) is 0 Å². The van der Waals surface area contributed by atoms with Gasteiger partial charge in [0, 0.05) is 11.1 Å². The number of phenolic OH excluding ortho intramolecular Hbond substituents is 4. The summed E-state index contributed by atoms with van der Waals surface area (Å²) in [5.74, 6) is -5.67. The van der Waals surface area contributed by atoms with Crippen molar-refractivity contribution in [1.82, 2.24) is 0 Å². The van der Waals surface area contributed by atoms with Crippen LogP contribution >= 0.6 is 0 Å². The maximum atomic E-state index is 11.2. The first-order chi connectivity index (χ1) is 10.2. The summed E-state index contributed by atoms with van der Waals surface area (Å²) in [6.45, 7) is 0. The molecular weight excluding hydrogens is 296 g/mol. The Balaban J connectivity index is 2.87. The number of phenols is 4. The number of hydrogen-bond acceptors (Lipinski definition) is 6. The molecule has 8 nitrogen and oxygen atoms in total. The van der Waals surface area contributed by atoms with Crippen molar-refractivity contribution >= 4 is 11.9 Å². The Morgan fingerprint density at radius 1 is 0.591 bits per heavy atom. The zero-order valence-electron chi connectivity index (χ0n) is 10.8. The van der Waals surface area contributed by atoms with Crippen LogP contribution in [0, 0.1) is 0 Å². The summed E-state index contributed by atoms with van der Waals surface area (Å²) in [6, 6.07) is 3.22. The van der Waals surface area contributed by atoms with Gasteiger partial charge in [0.25, 0.3) is 0 Å². The molecule has 0 heterocycles. The highest BCUT2D eigenvalue weighted by Crippen LogP contribution is 2.39. The molecular formula is C14H10O8. The van der Waals surface area contributed by atoms with Crippen LogP contribution in [0.4, 0.5) is 0 Å². The Labute approximate surface area is 122 Å². The van der Waals surface area contributed by atoms with Crippen molar-refractivity contribution in [3.63, 3.8) is 0 Å². The average molecular weight is 306 g/mol. The van der Waals surface area contributed by atoms with Gasteiger partial charge in [0.15, 0.2) is 23.0 Å². The topological polar surface area (TPSA) is 156 Å². The van der Waals surface area contributed by atoms with E-state index in [2.05, 4.69) is 0 Å². The molecule has 2 rings (SSSR count). The molecule has 0 radical (unpaired) electrons. The van der Waals surface area contributed by atoms with Crippen LogP contribution in [-0.2, 0) is 0 Å². The number of carboxylic acid groups (broad SMARTS) is 2. The molecule has 0 amide bonds. The lowest BCUT2D eigenvalue weighted by atomic mass is 9.94. The van der Waals surface area contributed by atoms with Crippen LogP contribution in [-0.4, -0.2) is 42.6 Å². The van der Waals surface area contributed by atoms with E-state index in [-0.39, 0.29) is 11.1 Å². The van der Waals surface area contributed by atoms with Gasteiger partial charge in [0.05, 0.1) is 11.1 Å². The highest BCUT2D eigenvalue weighted by Gasteiger charge is 2.22. The van der Waals surface area contributed by atoms with E-state index in [0.29, 0.717) is 0 Å². The van der Waals surface area contributed by atoms with Crippen LogP contribution in [0.1, 0.15) is 20.7 Å². The van der Waals surface area contributed by atoms with Gasteiger partial charge in [-0.15, -0.1) is 0 Å². The number of aromatic carboxylic acids is 2. The molecule has 0 aromatic heterocycles. The van der Waals surface area contributed by atoms with Crippen LogP contribution < -0.4 is 0 Å². The molecule has 0 atom stereocenters. The number of hydrogen-bond donors (Lipinski definition) is 6. The molecule has 0 saturated carbocycles.